The first-order chi connectivity index (χ1) is 26.3. The van der Waals surface area contributed by atoms with Gasteiger partial charge in [-0.15, -0.1) is 0 Å². The average Bonchev–Trinajstić information content (AvgIpc) is 3.09. The highest BCUT2D eigenvalue weighted by molar-refractivity contribution is 5.90. The molecule has 0 saturated heterocycles. The van der Waals surface area contributed by atoms with Crippen LogP contribution in [0.3, 0.4) is 0 Å². The van der Waals surface area contributed by atoms with Crippen LogP contribution in [0.1, 0.15) is 74.2 Å². The van der Waals surface area contributed by atoms with Crippen molar-refractivity contribution in [2.24, 2.45) is 0 Å². The molecule has 0 unspecified atom stereocenters. The topological polar surface area (TPSA) is 162 Å². The zero-order valence-corrected chi connectivity index (χ0v) is 33.2. The summed E-state index contributed by atoms with van der Waals surface area (Å²) < 4.78 is 26.0. The number of hydrogen-bond acceptors (Lipinski definition) is 10. The summed E-state index contributed by atoms with van der Waals surface area (Å²) in [5.41, 5.74) is 2.26. The molecule has 4 amide bonds. The molecule has 0 heterocycles. The molecule has 2 N–H and O–H groups in total. The normalized spacial score (nSPS) is 10.6. The Morgan fingerprint density at radius 2 is 1.04 bits per heavy atom. The number of nitrogens with one attached hydrogen (secondary N) is 2. The summed E-state index contributed by atoms with van der Waals surface area (Å²) in [6.45, 7) is 10.5. The number of nitrogens with zero attached hydrogens (tertiary/aromatic N) is 2. The van der Waals surface area contributed by atoms with Crippen LogP contribution in [-0.4, -0.2) is 85.8 Å². The van der Waals surface area contributed by atoms with Gasteiger partial charge in [0.1, 0.15) is 11.2 Å². The second-order valence-corrected chi connectivity index (χ2v) is 14.4. The second kappa shape index (κ2) is 20.1. The smallest absolute Gasteiger partial charge is 0.412 e. The number of esters is 1. The molecule has 0 aromatic heterocycles. The van der Waals surface area contributed by atoms with E-state index < -0.39 is 41.5 Å². The van der Waals surface area contributed by atoms with Gasteiger partial charge in [-0.05, 0) is 95.1 Å². The molecule has 0 saturated carbocycles. The molecule has 0 aliphatic rings. The largest absolute Gasteiger partial charge is 0.465 e. The van der Waals surface area contributed by atoms with Crippen LogP contribution in [0.15, 0.2) is 66.7 Å². The highest BCUT2D eigenvalue weighted by atomic mass is 16.6. The van der Waals surface area contributed by atoms with E-state index in [4.69, 9.17) is 23.7 Å². The summed E-state index contributed by atoms with van der Waals surface area (Å²) >= 11 is 0. The number of carbonyl (C=O) groups excluding carboxylic acids is 5. The van der Waals surface area contributed by atoms with Crippen LogP contribution in [0, 0.1) is 23.7 Å². The molecule has 14 heteroatoms. The van der Waals surface area contributed by atoms with Crippen molar-refractivity contribution in [2.45, 2.75) is 65.8 Å². The number of hydrogen-bond donors (Lipinski definition) is 2. The molecule has 3 aromatic carbocycles. The fourth-order valence-electron chi connectivity index (χ4n) is 4.71. The van der Waals surface area contributed by atoms with E-state index in [9.17, 15) is 24.0 Å². The number of carbonyl (C=O) groups is 5. The molecule has 0 radical (unpaired) electrons. The van der Waals surface area contributed by atoms with Gasteiger partial charge in [-0.3, -0.25) is 10.6 Å². The molecule has 0 spiro atoms. The zero-order valence-electron chi connectivity index (χ0n) is 33.2. The van der Waals surface area contributed by atoms with Gasteiger partial charge in [0.05, 0.1) is 12.7 Å². The van der Waals surface area contributed by atoms with Crippen LogP contribution in [0.5, 0.6) is 0 Å². The SMILES string of the molecule is COC(=O)c1cc(C#CCOC(=O)N(C)Cc2cccc(NC(=O)OC(C)(C)C)c2)cc(C#CCOC(=O)N(C)Cc2cccc(NC(=O)OC(C)(C)C)c2)c1. The number of benzene rings is 3. The van der Waals surface area contributed by atoms with Gasteiger partial charge in [-0.2, -0.15) is 0 Å². The van der Waals surface area contributed by atoms with E-state index in [1.54, 1.807) is 110 Å². The van der Waals surface area contributed by atoms with Crippen molar-refractivity contribution in [1.82, 2.24) is 9.80 Å². The van der Waals surface area contributed by atoms with Gasteiger partial charge in [0.2, 0.25) is 0 Å². The van der Waals surface area contributed by atoms with Gasteiger partial charge < -0.3 is 33.5 Å². The summed E-state index contributed by atoms with van der Waals surface area (Å²) in [4.78, 5) is 64.6. The van der Waals surface area contributed by atoms with Gasteiger partial charge in [-0.25, -0.2) is 24.0 Å². The Labute approximate surface area is 327 Å². The Hall–Kier alpha value is -6.67. The summed E-state index contributed by atoms with van der Waals surface area (Å²) in [5.74, 6) is 10.7. The third-order valence-corrected chi connectivity index (χ3v) is 6.96. The van der Waals surface area contributed by atoms with E-state index in [2.05, 4.69) is 34.3 Å². The third kappa shape index (κ3) is 16.1. The maximum absolute atomic E-state index is 12.6. The average molecular weight is 769 g/mol. The lowest BCUT2D eigenvalue weighted by atomic mass is 10.1. The van der Waals surface area contributed by atoms with E-state index in [0.717, 1.165) is 11.1 Å². The first-order valence-corrected chi connectivity index (χ1v) is 17.4. The molecular weight excluding hydrogens is 720 g/mol. The Balaban J connectivity index is 1.55. The maximum Gasteiger partial charge on any atom is 0.412 e. The van der Waals surface area contributed by atoms with E-state index in [1.165, 1.54) is 29.0 Å². The Bertz CT molecular complexity index is 1890. The lowest BCUT2D eigenvalue weighted by molar-refractivity contribution is 0.0596. The fraction of sp³-hybridized carbons (Fsp3) is 0.357. The van der Waals surface area contributed by atoms with Crippen LogP contribution in [0.2, 0.25) is 0 Å². The van der Waals surface area contributed by atoms with Gasteiger partial charge in [0.15, 0.2) is 13.2 Å². The molecule has 0 atom stereocenters. The van der Waals surface area contributed by atoms with Crippen molar-refractivity contribution < 1.29 is 47.7 Å². The van der Waals surface area contributed by atoms with Crippen molar-refractivity contribution in [3.63, 3.8) is 0 Å². The van der Waals surface area contributed by atoms with Crippen molar-refractivity contribution in [3.05, 3.63) is 94.5 Å². The summed E-state index contributed by atoms with van der Waals surface area (Å²) in [6, 6.07) is 18.6. The molecule has 0 aliphatic heterocycles. The van der Waals surface area contributed by atoms with Gasteiger partial charge in [0, 0.05) is 49.7 Å². The van der Waals surface area contributed by atoms with Crippen molar-refractivity contribution >= 4 is 41.7 Å². The minimum absolute atomic E-state index is 0.198. The summed E-state index contributed by atoms with van der Waals surface area (Å²) in [6.07, 6.45) is -2.42. The first kappa shape index (κ1) is 43.7. The monoisotopic (exact) mass is 768 g/mol. The second-order valence-electron chi connectivity index (χ2n) is 14.4. The van der Waals surface area contributed by atoms with Crippen molar-refractivity contribution in [2.75, 3.05) is 45.1 Å². The van der Waals surface area contributed by atoms with Gasteiger partial charge in [0.25, 0.3) is 0 Å². The fourth-order valence-corrected chi connectivity index (χ4v) is 4.71. The van der Waals surface area contributed by atoms with Gasteiger partial charge >= 0.3 is 30.3 Å². The Morgan fingerprint density at radius 3 is 1.41 bits per heavy atom. The number of ether oxygens (including phenoxy) is 5. The highest BCUT2D eigenvalue weighted by Gasteiger charge is 2.18. The predicted octanol–water partition coefficient (Wildman–Crippen LogP) is 7.41. The van der Waals surface area contributed by atoms with E-state index in [0.29, 0.717) is 22.5 Å². The zero-order chi connectivity index (χ0) is 41.5. The minimum atomic E-state index is -0.644. The quantitative estimate of drug-likeness (QED) is 0.127. The van der Waals surface area contributed by atoms with Crippen molar-refractivity contribution in [3.8, 4) is 23.7 Å². The number of rotatable bonds is 9. The molecule has 14 nitrogen and oxygen atoms in total. The lowest BCUT2D eigenvalue weighted by Gasteiger charge is -2.20. The minimum Gasteiger partial charge on any atom is -0.465 e. The molecule has 296 valence electrons. The number of methoxy groups -OCH3 is 1. The van der Waals surface area contributed by atoms with E-state index >= 15 is 0 Å². The lowest BCUT2D eigenvalue weighted by Crippen LogP contribution is -2.28. The van der Waals surface area contributed by atoms with Crippen LogP contribution < -0.4 is 10.6 Å². The van der Waals surface area contributed by atoms with E-state index in [-0.39, 0.29) is 31.9 Å². The molecular formula is C42H48N4O10. The summed E-state index contributed by atoms with van der Waals surface area (Å²) in [5, 5.41) is 5.34. The summed E-state index contributed by atoms with van der Waals surface area (Å²) in [7, 11) is 4.38. The van der Waals surface area contributed by atoms with E-state index in [1.807, 2.05) is 0 Å². The highest BCUT2D eigenvalue weighted by Crippen LogP contribution is 2.17. The van der Waals surface area contributed by atoms with Crippen molar-refractivity contribution in [1.29, 1.82) is 0 Å². The van der Waals surface area contributed by atoms with Crippen LogP contribution in [0.4, 0.5) is 30.6 Å². The predicted molar refractivity (Wildman–Crippen MR) is 210 cm³/mol. The standard InChI is InChI=1S/C42H48N4O10/c1-41(2,3)55-37(48)43-34-18-10-14-31(25-34)27-45(7)39(50)53-20-12-16-29-22-30(24-33(23-29)36(47)52-9)17-13-21-54-40(51)46(8)28-32-15-11-19-35(26-32)44-38(49)56-42(4,5)6/h10-11,14-15,18-19,22-26H,20-21,27-28H2,1-9H3,(H,43,48)(H,44,49). The Kier molecular flexibility index (Phi) is 15.7. The first-order valence-electron chi connectivity index (χ1n) is 17.4. The number of anilines is 2. The molecule has 3 rings (SSSR count). The maximum atomic E-state index is 12.6. The van der Waals surface area contributed by atoms with Crippen LogP contribution in [-0.2, 0) is 36.8 Å². The molecule has 56 heavy (non-hydrogen) atoms. The molecule has 0 bridgehead atoms. The Morgan fingerprint density at radius 1 is 0.625 bits per heavy atom. The molecule has 0 fully saturated rings. The molecule has 3 aromatic rings. The number of amides is 4. The third-order valence-electron chi connectivity index (χ3n) is 6.96. The van der Waals surface area contributed by atoms with Crippen LogP contribution in [0.25, 0.3) is 0 Å². The van der Waals surface area contributed by atoms with Crippen LogP contribution >= 0.6 is 0 Å². The molecule has 0 aliphatic carbocycles. The van der Waals surface area contributed by atoms with Gasteiger partial charge in [-0.1, -0.05) is 47.9 Å².